The van der Waals surface area contributed by atoms with E-state index in [2.05, 4.69) is 0 Å². The van der Waals surface area contributed by atoms with Gasteiger partial charge in [-0.15, -0.1) is 0 Å². The number of carboxylic acids is 1. The largest absolute Gasteiger partial charge is 0.475 e. The minimum atomic E-state index is -1.35. The fourth-order valence-corrected chi connectivity index (χ4v) is 0.971. The van der Waals surface area contributed by atoms with E-state index in [0.29, 0.717) is 0 Å². The number of aromatic carboxylic acids is 1. The third-order valence-corrected chi connectivity index (χ3v) is 1.59. The van der Waals surface area contributed by atoms with Crippen LogP contribution >= 0.6 is 0 Å². The highest BCUT2D eigenvalue weighted by molar-refractivity contribution is 6.00. The molecule has 1 heterocycles. The molecule has 0 unspecified atom stereocenters. The number of nitro groups is 1. The first kappa shape index (κ1) is 9.90. The van der Waals surface area contributed by atoms with Gasteiger partial charge in [-0.2, -0.15) is 0 Å². The highest BCUT2D eigenvalue weighted by atomic mass is 16.6. The molecule has 0 spiro atoms. The minimum absolute atomic E-state index is 0.229. The predicted molar refractivity (Wildman–Crippen MR) is 44.4 cm³/mol. The summed E-state index contributed by atoms with van der Waals surface area (Å²) >= 11 is 0. The fraction of sp³-hybridized carbons (Fsp3) is 0.143. The summed E-state index contributed by atoms with van der Waals surface area (Å²) in [5.74, 6) is -2.49. The number of rotatable bonds is 3. The maximum atomic E-state index is 10.9. The minimum Gasteiger partial charge on any atom is -0.475 e. The molecule has 1 aromatic heterocycles. The Hall–Kier alpha value is -2.18. The summed E-state index contributed by atoms with van der Waals surface area (Å²) in [4.78, 5) is 32.9. The van der Waals surface area contributed by atoms with Crippen molar-refractivity contribution in [3.8, 4) is 0 Å². The molecular weight excluding hydrogens is 192 g/mol. The topological polar surface area (TPSA) is 113 Å². The average Bonchev–Trinajstić information content (AvgIpc) is 2.47. The number of ketones is 1. The molecule has 0 radical (unpaired) electrons. The lowest BCUT2D eigenvalue weighted by Crippen LogP contribution is -1.97. The number of aromatic amines is 1. The Balaban J connectivity index is 3.33. The van der Waals surface area contributed by atoms with Crippen LogP contribution in [0.2, 0.25) is 0 Å². The molecule has 14 heavy (non-hydrogen) atoms. The van der Waals surface area contributed by atoms with Gasteiger partial charge in [0, 0.05) is 6.07 Å². The maximum Gasteiger partial charge on any atom is 0.375 e. The molecule has 1 rings (SSSR count). The number of carbonyl (C=O) groups is 2. The van der Waals surface area contributed by atoms with Gasteiger partial charge in [-0.1, -0.05) is 0 Å². The molecule has 0 saturated carbocycles. The number of aromatic nitrogens is 1. The summed E-state index contributed by atoms with van der Waals surface area (Å²) in [5.41, 5.74) is -0.602. The Morgan fingerprint density at radius 1 is 1.57 bits per heavy atom. The van der Waals surface area contributed by atoms with E-state index in [0.717, 1.165) is 13.0 Å². The molecule has 7 nitrogen and oxygen atoms in total. The molecule has 74 valence electrons. The number of nitrogens with zero attached hydrogens (tertiary/aromatic N) is 1. The number of hydrogen-bond acceptors (Lipinski definition) is 4. The van der Waals surface area contributed by atoms with Gasteiger partial charge in [0.1, 0.15) is 5.56 Å². The van der Waals surface area contributed by atoms with Crippen molar-refractivity contribution < 1.29 is 19.6 Å². The second-order valence-electron chi connectivity index (χ2n) is 2.56. The van der Waals surface area contributed by atoms with Crippen LogP contribution in [0, 0.1) is 10.1 Å². The number of Topliss-reactive ketones (excluding diaryl/α,β-unsaturated/α-hetero) is 1. The van der Waals surface area contributed by atoms with Gasteiger partial charge in [-0.3, -0.25) is 4.79 Å². The van der Waals surface area contributed by atoms with Crippen LogP contribution in [0.1, 0.15) is 27.8 Å². The summed E-state index contributed by atoms with van der Waals surface area (Å²) in [6.07, 6.45) is 0. The monoisotopic (exact) mass is 198 g/mol. The van der Waals surface area contributed by atoms with Gasteiger partial charge in [-0.25, -0.2) is 9.78 Å². The van der Waals surface area contributed by atoms with E-state index in [1.807, 2.05) is 4.98 Å². The molecule has 0 bridgehead atoms. The summed E-state index contributed by atoms with van der Waals surface area (Å²) in [6, 6.07) is 0.947. The molecule has 0 aliphatic rings. The first-order valence-corrected chi connectivity index (χ1v) is 3.55. The van der Waals surface area contributed by atoms with Gasteiger partial charge in [0.05, 0.1) is 0 Å². The van der Waals surface area contributed by atoms with Gasteiger partial charge in [0.15, 0.2) is 5.78 Å². The SMILES string of the molecule is CC(=O)c1cc(C(=O)O)[nH]c1[N+](=O)[O-]. The second kappa shape index (κ2) is 3.29. The highest BCUT2D eigenvalue weighted by Crippen LogP contribution is 2.19. The first-order valence-electron chi connectivity index (χ1n) is 3.55. The van der Waals surface area contributed by atoms with Crippen molar-refractivity contribution in [2.45, 2.75) is 6.92 Å². The Labute approximate surface area is 77.5 Å². The maximum absolute atomic E-state index is 10.9. The quantitative estimate of drug-likeness (QED) is 0.424. The molecule has 0 saturated heterocycles. The molecule has 1 aromatic rings. The summed E-state index contributed by atoms with van der Waals surface area (Å²) in [7, 11) is 0. The summed E-state index contributed by atoms with van der Waals surface area (Å²) in [6.45, 7) is 1.13. The van der Waals surface area contributed by atoms with E-state index in [9.17, 15) is 19.7 Å². The van der Waals surface area contributed by atoms with Crippen LogP contribution in [0.5, 0.6) is 0 Å². The van der Waals surface area contributed by atoms with Gasteiger partial charge >= 0.3 is 11.8 Å². The van der Waals surface area contributed by atoms with E-state index in [1.54, 1.807) is 0 Å². The zero-order valence-electron chi connectivity index (χ0n) is 7.10. The third-order valence-electron chi connectivity index (χ3n) is 1.59. The molecule has 0 fully saturated rings. The smallest absolute Gasteiger partial charge is 0.375 e. The van der Waals surface area contributed by atoms with Crippen molar-refractivity contribution in [2.24, 2.45) is 0 Å². The number of nitrogens with one attached hydrogen (secondary N) is 1. The first-order chi connectivity index (χ1) is 6.43. The van der Waals surface area contributed by atoms with Crippen LogP contribution in [0.3, 0.4) is 0 Å². The van der Waals surface area contributed by atoms with Crippen molar-refractivity contribution in [3.05, 3.63) is 27.4 Å². The van der Waals surface area contributed by atoms with Crippen LogP contribution in [0.15, 0.2) is 6.07 Å². The lowest BCUT2D eigenvalue weighted by atomic mass is 10.2. The number of carboxylic acid groups (broad SMARTS) is 1. The van der Waals surface area contributed by atoms with Crippen molar-refractivity contribution >= 4 is 17.6 Å². The molecule has 0 atom stereocenters. The summed E-state index contributed by atoms with van der Waals surface area (Å²) in [5, 5.41) is 18.9. The van der Waals surface area contributed by atoms with Gasteiger partial charge < -0.3 is 15.2 Å². The normalized spacial score (nSPS) is 9.79. The fourth-order valence-electron chi connectivity index (χ4n) is 0.971. The van der Waals surface area contributed by atoms with Crippen LogP contribution in [-0.2, 0) is 0 Å². The molecule has 0 aliphatic heterocycles. The Bertz CT molecular complexity index is 388. The third kappa shape index (κ3) is 1.60. The zero-order valence-corrected chi connectivity index (χ0v) is 7.10. The second-order valence-corrected chi connectivity index (χ2v) is 2.56. The predicted octanol–water partition coefficient (Wildman–Crippen LogP) is 0.824. The average molecular weight is 198 g/mol. The van der Waals surface area contributed by atoms with E-state index < -0.39 is 22.5 Å². The lowest BCUT2D eigenvalue weighted by molar-refractivity contribution is -0.389. The molecular formula is C7H6N2O5. The molecule has 0 aliphatic carbocycles. The van der Waals surface area contributed by atoms with Crippen LogP contribution in [0.25, 0.3) is 0 Å². The van der Waals surface area contributed by atoms with Crippen LogP contribution in [0.4, 0.5) is 5.82 Å². The number of H-pyrrole nitrogens is 1. The highest BCUT2D eigenvalue weighted by Gasteiger charge is 2.23. The molecule has 7 heteroatoms. The van der Waals surface area contributed by atoms with Crippen molar-refractivity contribution in [2.75, 3.05) is 0 Å². The van der Waals surface area contributed by atoms with E-state index in [1.165, 1.54) is 0 Å². The number of carbonyl (C=O) groups excluding carboxylic acids is 1. The zero-order chi connectivity index (χ0) is 10.9. The Morgan fingerprint density at radius 3 is 2.43 bits per heavy atom. The molecule has 0 amide bonds. The van der Waals surface area contributed by atoms with E-state index >= 15 is 0 Å². The Morgan fingerprint density at radius 2 is 2.14 bits per heavy atom. The lowest BCUT2D eigenvalue weighted by Gasteiger charge is -1.91. The van der Waals surface area contributed by atoms with Crippen molar-refractivity contribution in [1.29, 1.82) is 0 Å². The van der Waals surface area contributed by atoms with E-state index in [4.69, 9.17) is 5.11 Å². The van der Waals surface area contributed by atoms with Gasteiger partial charge in [-0.05, 0) is 11.8 Å². The van der Waals surface area contributed by atoms with E-state index in [-0.39, 0.29) is 11.3 Å². The van der Waals surface area contributed by atoms with Crippen molar-refractivity contribution in [3.63, 3.8) is 0 Å². The Kier molecular flexibility index (Phi) is 2.32. The van der Waals surface area contributed by atoms with Gasteiger partial charge in [0.2, 0.25) is 5.69 Å². The molecule has 0 aromatic carbocycles. The molecule has 2 N–H and O–H groups in total. The van der Waals surface area contributed by atoms with Crippen LogP contribution < -0.4 is 0 Å². The summed E-state index contributed by atoms with van der Waals surface area (Å²) < 4.78 is 0. The number of hydrogen-bond donors (Lipinski definition) is 2. The van der Waals surface area contributed by atoms with Crippen LogP contribution in [-0.4, -0.2) is 26.8 Å². The van der Waals surface area contributed by atoms with Gasteiger partial charge in [0.25, 0.3) is 0 Å². The standard InChI is InChI=1S/C7H6N2O5/c1-3(10)4-2-5(7(11)12)8-6(4)9(13)14/h2,8H,1H3,(H,11,12). The van der Waals surface area contributed by atoms with Crippen molar-refractivity contribution in [1.82, 2.24) is 4.98 Å².